The summed E-state index contributed by atoms with van der Waals surface area (Å²) in [5.74, 6) is 0.192. The van der Waals surface area contributed by atoms with Gasteiger partial charge < -0.3 is 4.90 Å². The van der Waals surface area contributed by atoms with E-state index in [1.807, 2.05) is 35.2 Å². The van der Waals surface area contributed by atoms with E-state index < -0.39 is 0 Å². The molecule has 1 saturated heterocycles. The number of hydrogen-bond acceptors (Lipinski definition) is 4. The van der Waals surface area contributed by atoms with Gasteiger partial charge in [-0.1, -0.05) is 54.6 Å². The molecule has 3 rings (SSSR count). The Hall–Kier alpha value is -1.43. The third-order valence-electron chi connectivity index (χ3n) is 4.41. The number of carbonyl (C=O) groups is 1. The Kier molecular flexibility index (Phi) is 5.87. The summed E-state index contributed by atoms with van der Waals surface area (Å²) in [4.78, 5) is 16.6. The summed E-state index contributed by atoms with van der Waals surface area (Å²) in [5.41, 5.74) is 3.43. The summed E-state index contributed by atoms with van der Waals surface area (Å²) >= 11 is 8.66. The summed E-state index contributed by atoms with van der Waals surface area (Å²) in [5, 5.41) is 0. The molecule has 0 aromatic heterocycles. The molecule has 24 heavy (non-hydrogen) atoms. The third kappa shape index (κ3) is 4.35. The molecule has 0 N–H and O–H groups in total. The molecule has 126 valence electrons. The monoisotopic (exact) mass is 358 g/mol. The smallest absolute Gasteiger partial charge is 0.227 e. The van der Waals surface area contributed by atoms with Crippen LogP contribution in [0.2, 0.25) is 0 Å². The minimum Gasteiger partial charge on any atom is -0.340 e. The number of carbonyl (C=O) groups excluding carboxylic acids is 1. The van der Waals surface area contributed by atoms with E-state index in [-0.39, 0.29) is 10.6 Å². The highest BCUT2D eigenvalue weighted by atomic mass is 32.2. The number of thiol groups is 2. The van der Waals surface area contributed by atoms with Crippen LogP contribution in [0.1, 0.15) is 5.56 Å². The van der Waals surface area contributed by atoms with Gasteiger partial charge >= 0.3 is 0 Å². The van der Waals surface area contributed by atoms with Crippen LogP contribution in [0, 0.1) is 0 Å². The zero-order chi connectivity index (χ0) is 16.9. The molecule has 0 atom stereocenters. The van der Waals surface area contributed by atoms with Gasteiger partial charge in [-0.3, -0.25) is 9.69 Å². The fourth-order valence-corrected chi connectivity index (χ4v) is 3.40. The van der Waals surface area contributed by atoms with Gasteiger partial charge in [0, 0.05) is 26.2 Å². The number of benzene rings is 2. The zero-order valence-electron chi connectivity index (χ0n) is 13.5. The fourth-order valence-electron chi connectivity index (χ4n) is 2.93. The van der Waals surface area contributed by atoms with Crippen molar-refractivity contribution in [3.05, 3.63) is 60.2 Å². The lowest BCUT2D eigenvalue weighted by Gasteiger charge is -2.36. The minimum atomic E-state index is -0.0483. The maximum absolute atomic E-state index is 12.5. The van der Waals surface area contributed by atoms with Gasteiger partial charge in [-0.25, -0.2) is 0 Å². The molecule has 1 aliphatic rings. The summed E-state index contributed by atoms with van der Waals surface area (Å²) in [6.07, 6.45) is 0.459. The lowest BCUT2D eigenvalue weighted by molar-refractivity contribution is -0.132. The summed E-state index contributed by atoms with van der Waals surface area (Å²) in [6.45, 7) is 3.16. The van der Waals surface area contributed by atoms with Gasteiger partial charge in [0.15, 0.2) is 0 Å². The van der Waals surface area contributed by atoms with Gasteiger partial charge in [-0.15, -0.1) is 25.3 Å². The summed E-state index contributed by atoms with van der Waals surface area (Å²) in [7, 11) is 0. The second kappa shape index (κ2) is 8.10. The molecule has 0 bridgehead atoms. The van der Waals surface area contributed by atoms with E-state index in [9.17, 15) is 4.79 Å². The molecule has 0 radical (unpaired) electrons. The summed E-state index contributed by atoms with van der Waals surface area (Å²) in [6, 6.07) is 18.5. The van der Waals surface area contributed by atoms with Crippen molar-refractivity contribution in [1.82, 2.24) is 9.80 Å². The molecule has 2 aromatic rings. The largest absolute Gasteiger partial charge is 0.340 e. The highest BCUT2D eigenvalue weighted by Gasteiger charge is 2.22. The third-order valence-corrected chi connectivity index (χ3v) is 5.06. The Morgan fingerprint density at radius 2 is 1.46 bits per heavy atom. The Balaban J connectivity index is 1.57. The molecule has 1 fully saturated rings. The van der Waals surface area contributed by atoms with Gasteiger partial charge in [-0.05, 0) is 16.7 Å². The van der Waals surface area contributed by atoms with Crippen LogP contribution >= 0.6 is 25.3 Å². The SMILES string of the molecule is O=C(Cc1ccc(-c2ccccc2)cc1)N1CCN(C(S)S)CC1. The van der Waals surface area contributed by atoms with E-state index in [4.69, 9.17) is 0 Å². The van der Waals surface area contributed by atoms with E-state index >= 15 is 0 Å². The van der Waals surface area contributed by atoms with E-state index in [0.29, 0.717) is 6.42 Å². The summed E-state index contributed by atoms with van der Waals surface area (Å²) < 4.78 is -0.0483. The fraction of sp³-hybridized carbons (Fsp3) is 0.316. The average molecular weight is 359 g/mol. The molecule has 2 aromatic carbocycles. The number of piperazine rings is 1. The van der Waals surface area contributed by atoms with Gasteiger partial charge in [0.1, 0.15) is 0 Å². The van der Waals surface area contributed by atoms with Crippen LogP contribution in [0.4, 0.5) is 0 Å². The van der Waals surface area contributed by atoms with Crippen molar-refractivity contribution in [2.24, 2.45) is 0 Å². The van der Waals surface area contributed by atoms with E-state index in [0.717, 1.165) is 31.7 Å². The predicted molar refractivity (Wildman–Crippen MR) is 105 cm³/mol. The van der Waals surface area contributed by atoms with Gasteiger partial charge in [-0.2, -0.15) is 0 Å². The van der Waals surface area contributed by atoms with Crippen molar-refractivity contribution in [1.29, 1.82) is 0 Å². The Bertz CT molecular complexity index is 666. The van der Waals surface area contributed by atoms with Crippen molar-refractivity contribution in [3.8, 4) is 11.1 Å². The second-order valence-corrected chi connectivity index (χ2v) is 7.39. The highest BCUT2D eigenvalue weighted by Crippen LogP contribution is 2.20. The maximum atomic E-state index is 12.5. The molecule has 1 aliphatic heterocycles. The average Bonchev–Trinajstić information content (AvgIpc) is 2.63. The van der Waals surface area contributed by atoms with Crippen LogP contribution in [-0.4, -0.2) is 46.6 Å². The van der Waals surface area contributed by atoms with Gasteiger partial charge in [0.2, 0.25) is 5.91 Å². The van der Waals surface area contributed by atoms with Crippen molar-refractivity contribution in [2.75, 3.05) is 26.2 Å². The van der Waals surface area contributed by atoms with E-state index in [1.54, 1.807) is 0 Å². The van der Waals surface area contributed by atoms with Crippen LogP contribution in [0.15, 0.2) is 54.6 Å². The van der Waals surface area contributed by atoms with Gasteiger partial charge in [0.05, 0.1) is 11.1 Å². The molecule has 3 nitrogen and oxygen atoms in total. The Morgan fingerprint density at radius 3 is 2.04 bits per heavy atom. The van der Waals surface area contributed by atoms with Crippen LogP contribution in [0.5, 0.6) is 0 Å². The lowest BCUT2D eigenvalue weighted by Crippen LogP contribution is -2.50. The zero-order valence-corrected chi connectivity index (χ0v) is 15.3. The minimum absolute atomic E-state index is 0.0483. The Labute approximate surface area is 154 Å². The van der Waals surface area contributed by atoms with E-state index in [2.05, 4.69) is 54.4 Å². The highest BCUT2D eigenvalue weighted by molar-refractivity contribution is 7.99. The van der Waals surface area contributed by atoms with Crippen LogP contribution in [0.25, 0.3) is 11.1 Å². The van der Waals surface area contributed by atoms with Crippen molar-refractivity contribution in [2.45, 2.75) is 11.1 Å². The molecule has 5 heteroatoms. The first-order valence-electron chi connectivity index (χ1n) is 8.16. The topological polar surface area (TPSA) is 23.6 Å². The number of hydrogen-bond donors (Lipinski definition) is 2. The van der Waals surface area contributed by atoms with E-state index in [1.165, 1.54) is 11.1 Å². The van der Waals surface area contributed by atoms with Crippen LogP contribution < -0.4 is 0 Å². The molecule has 0 spiro atoms. The van der Waals surface area contributed by atoms with Gasteiger partial charge in [0.25, 0.3) is 0 Å². The quantitative estimate of drug-likeness (QED) is 0.648. The number of nitrogens with zero attached hydrogens (tertiary/aromatic N) is 2. The first-order chi connectivity index (χ1) is 11.6. The molecule has 0 unspecified atom stereocenters. The first-order valence-corrected chi connectivity index (χ1v) is 9.19. The van der Waals surface area contributed by atoms with Crippen molar-refractivity contribution >= 4 is 31.2 Å². The molecule has 1 heterocycles. The maximum Gasteiger partial charge on any atom is 0.227 e. The first kappa shape index (κ1) is 17.4. The molecule has 0 aliphatic carbocycles. The standard InChI is InChI=1S/C19H22N2OS2/c22-18(20-10-12-21(13-11-20)19(23)24)14-15-6-8-17(9-7-15)16-4-2-1-3-5-16/h1-9,19,23-24H,10-14H2. The Morgan fingerprint density at radius 1 is 0.875 bits per heavy atom. The molecular formula is C19H22N2OS2. The number of amides is 1. The molecule has 1 amide bonds. The normalized spacial score (nSPS) is 15.7. The molecular weight excluding hydrogens is 336 g/mol. The second-order valence-electron chi connectivity index (χ2n) is 6.00. The van der Waals surface area contributed by atoms with Crippen LogP contribution in [-0.2, 0) is 11.2 Å². The molecule has 0 saturated carbocycles. The van der Waals surface area contributed by atoms with Crippen LogP contribution in [0.3, 0.4) is 0 Å². The number of rotatable bonds is 4. The lowest BCUT2D eigenvalue weighted by atomic mass is 10.0. The van der Waals surface area contributed by atoms with Crippen molar-refractivity contribution in [3.63, 3.8) is 0 Å². The van der Waals surface area contributed by atoms with Crippen molar-refractivity contribution < 1.29 is 4.79 Å². The predicted octanol–water partition coefficient (Wildman–Crippen LogP) is 3.18.